The summed E-state index contributed by atoms with van der Waals surface area (Å²) in [7, 11) is 0. The highest BCUT2D eigenvalue weighted by Crippen LogP contribution is 2.23. The Morgan fingerprint density at radius 2 is 2.27 bits per heavy atom. The van der Waals surface area contributed by atoms with E-state index in [1.165, 1.54) is 12.1 Å². The van der Waals surface area contributed by atoms with Crippen LogP contribution in [-0.2, 0) is 0 Å². The lowest BCUT2D eigenvalue weighted by molar-refractivity contribution is 0.213. The Morgan fingerprint density at radius 1 is 1.47 bits per heavy atom. The van der Waals surface area contributed by atoms with E-state index in [2.05, 4.69) is 19.2 Å². The van der Waals surface area contributed by atoms with Crippen molar-refractivity contribution in [1.29, 1.82) is 0 Å². The lowest BCUT2D eigenvalue weighted by Crippen LogP contribution is -2.31. The molecule has 0 bridgehead atoms. The number of ether oxygens (including phenoxy) is 1. The number of halogens is 1. The van der Waals surface area contributed by atoms with Crippen molar-refractivity contribution < 1.29 is 9.13 Å². The number of benzene rings is 1. The number of rotatable bonds is 2. The zero-order valence-corrected chi connectivity index (χ0v) is 9.09. The highest BCUT2D eigenvalue weighted by Gasteiger charge is 2.31. The Hall–Kier alpha value is -1.09. The summed E-state index contributed by atoms with van der Waals surface area (Å²) in [4.78, 5) is 0. The third-order valence-corrected chi connectivity index (χ3v) is 2.65. The van der Waals surface area contributed by atoms with Crippen molar-refractivity contribution >= 4 is 0 Å². The van der Waals surface area contributed by atoms with Crippen LogP contribution in [0, 0.1) is 5.82 Å². The van der Waals surface area contributed by atoms with Gasteiger partial charge in [0.15, 0.2) is 0 Å². The van der Waals surface area contributed by atoms with Gasteiger partial charge in [0.1, 0.15) is 17.7 Å². The van der Waals surface area contributed by atoms with Crippen molar-refractivity contribution in [3.63, 3.8) is 0 Å². The van der Waals surface area contributed by atoms with Crippen LogP contribution in [0.25, 0.3) is 0 Å². The molecule has 1 fully saturated rings. The summed E-state index contributed by atoms with van der Waals surface area (Å²) in [5.41, 5.74) is 0.123. The largest absolute Gasteiger partial charge is 0.489 e. The molecule has 1 heterocycles. The Bertz CT molecular complexity index is 351. The van der Waals surface area contributed by atoms with Gasteiger partial charge in [0.05, 0.1) is 0 Å². The van der Waals surface area contributed by atoms with Gasteiger partial charge in [0.25, 0.3) is 0 Å². The molecule has 2 nitrogen and oxygen atoms in total. The molecule has 82 valence electrons. The quantitative estimate of drug-likeness (QED) is 0.807. The first kappa shape index (κ1) is 10.4. The summed E-state index contributed by atoms with van der Waals surface area (Å²) in [6, 6.07) is 6.29. The molecule has 1 N–H and O–H groups in total. The molecule has 1 aliphatic heterocycles. The molecule has 0 saturated carbocycles. The molecule has 1 unspecified atom stereocenters. The minimum Gasteiger partial charge on any atom is -0.489 e. The van der Waals surface area contributed by atoms with Crippen LogP contribution < -0.4 is 10.1 Å². The third kappa shape index (κ3) is 2.69. The summed E-state index contributed by atoms with van der Waals surface area (Å²) in [5, 5.41) is 3.36. The van der Waals surface area contributed by atoms with Crippen molar-refractivity contribution in [3.05, 3.63) is 30.1 Å². The fourth-order valence-electron chi connectivity index (χ4n) is 1.92. The first-order chi connectivity index (χ1) is 7.05. The minimum absolute atomic E-state index is 0.123. The third-order valence-electron chi connectivity index (χ3n) is 2.65. The van der Waals surface area contributed by atoms with Gasteiger partial charge in [-0.2, -0.15) is 0 Å². The fourth-order valence-corrected chi connectivity index (χ4v) is 1.92. The molecule has 0 radical (unpaired) electrons. The van der Waals surface area contributed by atoms with E-state index in [4.69, 9.17) is 4.74 Å². The average Bonchev–Trinajstić information content (AvgIpc) is 2.45. The molecule has 0 spiro atoms. The van der Waals surface area contributed by atoms with E-state index in [9.17, 15) is 4.39 Å². The van der Waals surface area contributed by atoms with E-state index in [0.29, 0.717) is 5.75 Å². The van der Waals surface area contributed by atoms with E-state index in [1.807, 2.05) is 0 Å². The topological polar surface area (TPSA) is 21.3 Å². The number of hydrogen-bond donors (Lipinski definition) is 1. The van der Waals surface area contributed by atoms with Gasteiger partial charge in [-0.05, 0) is 26.0 Å². The second-order valence-electron chi connectivity index (χ2n) is 4.67. The van der Waals surface area contributed by atoms with Crippen molar-refractivity contribution in [2.75, 3.05) is 6.54 Å². The van der Waals surface area contributed by atoms with Crippen LogP contribution in [0.2, 0.25) is 0 Å². The van der Waals surface area contributed by atoms with Crippen molar-refractivity contribution in [2.45, 2.75) is 31.9 Å². The molecule has 2 rings (SSSR count). The van der Waals surface area contributed by atoms with Gasteiger partial charge < -0.3 is 10.1 Å². The molecule has 1 aromatic carbocycles. The van der Waals surface area contributed by atoms with Crippen LogP contribution in [0.4, 0.5) is 4.39 Å². The number of nitrogens with one attached hydrogen (secondary N) is 1. The monoisotopic (exact) mass is 209 g/mol. The molecule has 3 heteroatoms. The molecule has 1 aromatic rings. The molecule has 0 aliphatic carbocycles. The molecule has 0 amide bonds. The molecule has 1 aliphatic rings. The standard InChI is InChI=1S/C12H16FNO/c1-12(2)7-11(8-14-12)15-10-5-3-4-9(13)6-10/h3-6,11,14H,7-8H2,1-2H3. The Morgan fingerprint density at radius 3 is 2.87 bits per heavy atom. The maximum Gasteiger partial charge on any atom is 0.126 e. The maximum absolute atomic E-state index is 12.9. The second kappa shape index (κ2) is 3.81. The fraction of sp³-hybridized carbons (Fsp3) is 0.500. The normalized spacial score (nSPS) is 24.1. The highest BCUT2D eigenvalue weighted by atomic mass is 19.1. The maximum atomic E-state index is 12.9. The first-order valence-corrected chi connectivity index (χ1v) is 5.22. The van der Waals surface area contributed by atoms with Gasteiger partial charge >= 0.3 is 0 Å². The molecule has 0 aromatic heterocycles. The van der Waals surface area contributed by atoms with Crippen molar-refractivity contribution in [3.8, 4) is 5.75 Å². The Labute approximate surface area is 89.4 Å². The lowest BCUT2D eigenvalue weighted by Gasteiger charge is -2.17. The van der Waals surface area contributed by atoms with E-state index in [1.54, 1.807) is 12.1 Å². The van der Waals surface area contributed by atoms with Crippen LogP contribution >= 0.6 is 0 Å². The van der Waals surface area contributed by atoms with Gasteiger partial charge in [0, 0.05) is 24.6 Å². The van der Waals surface area contributed by atoms with Gasteiger partial charge in [-0.3, -0.25) is 0 Å². The predicted molar refractivity (Wildman–Crippen MR) is 57.5 cm³/mol. The summed E-state index contributed by atoms with van der Waals surface area (Å²) in [6.07, 6.45) is 1.09. The Kier molecular flexibility index (Phi) is 2.65. The van der Waals surface area contributed by atoms with Crippen molar-refractivity contribution in [2.24, 2.45) is 0 Å². The lowest BCUT2D eigenvalue weighted by atomic mass is 10.0. The summed E-state index contributed by atoms with van der Waals surface area (Å²) < 4.78 is 18.6. The zero-order chi connectivity index (χ0) is 10.9. The van der Waals surface area contributed by atoms with Crippen LogP contribution in [0.1, 0.15) is 20.3 Å². The molecular formula is C12H16FNO. The zero-order valence-electron chi connectivity index (χ0n) is 9.09. The first-order valence-electron chi connectivity index (χ1n) is 5.22. The van der Waals surface area contributed by atoms with Gasteiger partial charge in [-0.15, -0.1) is 0 Å². The van der Waals surface area contributed by atoms with Crippen LogP contribution in [-0.4, -0.2) is 18.2 Å². The minimum atomic E-state index is -0.252. The molecule has 1 atom stereocenters. The summed E-state index contributed by atoms with van der Waals surface area (Å²) >= 11 is 0. The van der Waals surface area contributed by atoms with Gasteiger partial charge in [0.2, 0.25) is 0 Å². The Balaban J connectivity index is 1.99. The van der Waals surface area contributed by atoms with Crippen LogP contribution in [0.5, 0.6) is 5.75 Å². The van der Waals surface area contributed by atoms with E-state index in [-0.39, 0.29) is 17.5 Å². The predicted octanol–water partition coefficient (Wildman–Crippen LogP) is 2.34. The molecule has 15 heavy (non-hydrogen) atoms. The highest BCUT2D eigenvalue weighted by molar-refractivity contribution is 5.23. The average molecular weight is 209 g/mol. The summed E-state index contributed by atoms with van der Waals surface area (Å²) in [6.45, 7) is 5.10. The van der Waals surface area contributed by atoms with E-state index >= 15 is 0 Å². The number of hydrogen-bond acceptors (Lipinski definition) is 2. The molecule has 1 saturated heterocycles. The SMILES string of the molecule is CC1(C)CC(Oc2cccc(F)c2)CN1. The van der Waals surface area contributed by atoms with Crippen LogP contribution in [0.3, 0.4) is 0 Å². The second-order valence-corrected chi connectivity index (χ2v) is 4.67. The van der Waals surface area contributed by atoms with Crippen molar-refractivity contribution in [1.82, 2.24) is 5.32 Å². The van der Waals surface area contributed by atoms with E-state index < -0.39 is 0 Å². The van der Waals surface area contributed by atoms with E-state index in [0.717, 1.165) is 13.0 Å². The van der Waals surface area contributed by atoms with Crippen LogP contribution in [0.15, 0.2) is 24.3 Å². The van der Waals surface area contributed by atoms with Gasteiger partial charge in [-0.1, -0.05) is 6.07 Å². The summed E-state index contributed by atoms with van der Waals surface area (Å²) in [5.74, 6) is 0.359. The van der Waals surface area contributed by atoms with Gasteiger partial charge in [-0.25, -0.2) is 4.39 Å². The molecular weight excluding hydrogens is 193 g/mol. The smallest absolute Gasteiger partial charge is 0.126 e.